The third kappa shape index (κ3) is 3.62. The van der Waals surface area contributed by atoms with Crippen LogP contribution in [-0.2, 0) is 11.3 Å². The van der Waals surface area contributed by atoms with Crippen LogP contribution in [0.25, 0.3) is 0 Å². The molecule has 0 radical (unpaired) electrons. The summed E-state index contributed by atoms with van der Waals surface area (Å²) in [6.07, 6.45) is 0.296. The number of thioether (sulfide) groups is 1. The molecule has 1 heterocycles. The van der Waals surface area contributed by atoms with Crippen LogP contribution in [0, 0.1) is 0 Å². The normalized spacial score (nSPS) is 13.0. The van der Waals surface area contributed by atoms with E-state index in [-0.39, 0.29) is 11.8 Å². The summed E-state index contributed by atoms with van der Waals surface area (Å²) in [6, 6.07) is 15.4. The maximum atomic E-state index is 12.3. The molecule has 4 nitrogen and oxygen atoms in total. The fourth-order valence-corrected chi connectivity index (χ4v) is 3.56. The number of carbonyl (C=O) groups excluding carboxylic acids is 2. The van der Waals surface area contributed by atoms with E-state index in [1.54, 1.807) is 16.7 Å². The Labute approximate surface area is 146 Å². The van der Waals surface area contributed by atoms with Gasteiger partial charge in [-0.15, -0.1) is 11.8 Å². The Morgan fingerprint density at radius 3 is 2.71 bits per heavy atom. The van der Waals surface area contributed by atoms with E-state index in [1.807, 2.05) is 48.5 Å². The first-order chi connectivity index (χ1) is 11.7. The number of anilines is 1. The first kappa shape index (κ1) is 16.6. The SMILES string of the molecule is CCSc1ccccc1NC(=O)CCN1Cc2ccccc2C1=O. The van der Waals surface area contributed by atoms with Crippen molar-refractivity contribution in [3.05, 3.63) is 59.7 Å². The Morgan fingerprint density at radius 2 is 1.92 bits per heavy atom. The van der Waals surface area contributed by atoms with Crippen molar-refractivity contribution in [3.8, 4) is 0 Å². The van der Waals surface area contributed by atoms with E-state index < -0.39 is 0 Å². The summed E-state index contributed by atoms with van der Waals surface area (Å²) in [7, 11) is 0. The van der Waals surface area contributed by atoms with E-state index in [0.29, 0.717) is 19.5 Å². The Bertz CT molecular complexity index is 761. The van der Waals surface area contributed by atoms with Gasteiger partial charge in [-0.1, -0.05) is 37.3 Å². The zero-order valence-corrected chi connectivity index (χ0v) is 14.4. The van der Waals surface area contributed by atoms with E-state index in [1.165, 1.54) is 0 Å². The minimum Gasteiger partial charge on any atom is -0.334 e. The molecular weight excluding hydrogens is 320 g/mol. The van der Waals surface area contributed by atoms with Gasteiger partial charge in [0.15, 0.2) is 0 Å². The molecular formula is C19H20N2O2S. The van der Waals surface area contributed by atoms with Gasteiger partial charge in [0.25, 0.3) is 5.91 Å². The fraction of sp³-hybridized carbons (Fsp3) is 0.263. The maximum absolute atomic E-state index is 12.3. The highest BCUT2D eigenvalue weighted by molar-refractivity contribution is 7.99. The van der Waals surface area contributed by atoms with Gasteiger partial charge in [0.2, 0.25) is 5.91 Å². The van der Waals surface area contributed by atoms with Crippen LogP contribution in [0.2, 0.25) is 0 Å². The van der Waals surface area contributed by atoms with Crippen LogP contribution in [-0.4, -0.2) is 29.0 Å². The number of hydrogen-bond acceptors (Lipinski definition) is 3. The topological polar surface area (TPSA) is 49.4 Å². The molecule has 3 rings (SSSR count). The van der Waals surface area contributed by atoms with Crippen LogP contribution >= 0.6 is 11.8 Å². The third-order valence-corrected chi connectivity index (χ3v) is 4.92. The van der Waals surface area contributed by atoms with Gasteiger partial charge in [-0.05, 0) is 29.5 Å². The van der Waals surface area contributed by atoms with Gasteiger partial charge >= 0.3 is 0 Å². The molecule has 2 amide bonds. The molecule has 5 heteroatoms. The molecule has 124 valence electrons. The quantitative estimate of drug-likeness (QED) is 0.814. The van der Waals surface area contributed by atoms with Gasteiger partial charge in [-0.25, -0.2) is 0 Å². The molecule has 0 unspecified atom stereocenters. The Kier molecular flexibility index (Phi) is 5.20. The number of para-hydroxylation sites is 1. The summed E-state index contributed by atoms with van der Waals surface area (Å²) < 4.78 is 0. The number of rotatable bonds is 6. The van der Waals surface area contributed by atoms with Crippen LogP contribution in [0.5, 0.6) is 0 Å². The monoisotopic (exact) mass is 340 g/mol. The van der Waals surface area contributed by atoms with Gasteiger partial charge in [-0.2, -0.15) is 0 Å². The molecule has 24 heavy (non-hydrogen) atoms. The zero-order chi connectivity index (χ0) is 16.9. The summed E-state index contributed by atoms with van der Waals surface area (Å²) >= 11 is 1.70. The molecule has 2 aromatic carbocycles. The highest BCUT2D eigenvalue weighted by Crippen LogP contribution is 2.27. The fourth-order valence-electron chi connectivity index (χ4n) is 2.80. The second-order valence-corrected chi connectivity index (χ2v) is 6.92. The second-order valence-electron chi connectivity index (χ2n) is 5.61. The molecule has 0 spiro atoms. The number of nitrogens with zero attached hydrogens (tertiary/aromatic N) is 1. The first-order valence-electron chi connectivity index (χ1n) is 8.08. The van der Waals surface area contributed by atoms with E-state index in [9.17, 15) is 9.59 Å². The van der Waals surface area contributed by atoms with E-state index in [0.717, 1.165) is 27.5 Å². The average Bonchev–Trinajstić information content (AvgIpc) is 2.92. The highest BCUT2D eigenvalue weighted by Gasteiger charge is 2.26. The summed E-state index contributed by atoms with van der Waals surface area (Å²) in [5, 5.41) is 2.96. The van der Waals surface area contributed by atoms with Gasteiger partial charge in [0, 0.05) is 30.0 Å². The number of carbonyl (C=O) groups is 2. The molecule has 0 aliphatic carbocycles. The van der Waals surface area contributed by atoms with Crippen molar-refractivity contribution in [2.24, 2.45) is 0 Å². The summed E-state index contributed by atoms with van der Waals surface area (Å²) in [4.78, 5) is 27.3. The maximum Gasteiger partial charge on any atom is 0.254 e. The van der Waals surface area contributed by atoms with Gasteiger partial charge in [0.1, 0.15) is 0 Å². The van der Waals surface area contributed by atoms with Crippen LogP contribution in [0.4, 0.5) is 5.69 Å². The van der Waals surface area contributed by atoms with Crippen molar-refractivity contribution in [2.45, 2.75) is 24.8 Å². The van der Waals surface area contributed by atoms with Crippen LogP contribution in [0.15, 0.2) is 53.4 Å². The largest absolute Gasteiger partial charge is 0.334 e. The standard InChI is InChI=1S/C19H20N2O2S/c1-2-24-17-10-6-5-9-16(17)20-18(22)11-12-21-13-14-7-3-4-8-15(14)19(21)23/h3-10H,2,11-13H2,1H3,(H,20,22). The highest BCUT2D eigenvalue weighted by atomic mass is 32.2. The van der Waals surface area contributed by atoms with Crippen LogP contribution in [0.1, 0.15) is 29.3 Å². The molecule has 0 aromatic heterocycles. The molecule has 1 N–H and O–H groups in total. The minimum atomic E-state index is -0.0668. The van der Waals surface area contributed by atoms with E-state index in [4.69, 9.17) is 0 Å². The molecule has 1 aliphatic rings. The van der Waals surface area contributed by atoms with E-state index in [2.05, 4.69) is 12.2 Å². The molecule has 0 saturated heterocycles. The van der Waals surface area contributed by atoms with Gasteiger partial charge < -0.3 is 10.2 Å². The summed E-state index contributed by atoms with van der Waals surface area (Å²) in [6.45, 7) is 3.10. The molecule has 1 aliphatic heterocycles. The molecule has 0 atom stereocenters. The minimum absolute atomic E-state index is 0.0142. The number of hydrogen-bond donors (Lipinski definition) is 1. The van der Waals surface area contributed by atoms with Crippen molar-refractivity contribution < 1.29 is 9.59 Å². The molecule has 0 bridgehead atoms. The molecule has 0 fully saturated rings. The lowest BCUT2D eigenvalue weighted by atomic mass is 10.1. The van der Waals surface area contributed by atoms with Crippen LogP contribution in [0.3, 0.4) is 0 Å². The van der Waals surface area contributed by atoms with E-state index >= 15 is 0 Å². The van der Waals surface area contributed by atoms with Crippen molar-refractivity contribution in [2.75, 3.05) is 17.6 Å². The van der Waals surface area contributed by atoms with Gasteiger partial charge in [-0.3, -0.25) is 9.59 Å². The molecule has 0 saturated carbocycles. The van der Waals surface area contributed by atoms with Crippen molar-refractivity contribution in [1.29, 1.82) is 0 Å². The Balaban J connectivity index is 1.57. The molecule has 2 aromatic rings. The first-order valence-corrected chi connectivity index (χ1v) is 9.06. The zero-order valence-electron chi connectivity index (χ0n) is 13.6. The van der Waals surface area contributed by atoms with Crippen molar-refractivity contribution in [1.82, 2.24) is 4.90 Å². The van der Waals surface area contributed by atoms with Gasteiger partial charge in [0.05, 0.1) is 5.69 Å². The lowest BCUT2D eigenvalue weighted by Crippen LogP contribution is -2.28. The number of benzene rings is 2. The smallest absolute Gasteiger partial charge is 0.254 e. The van der Waals surface area contributed by atoms with Crippen molar-refractivity contribution in [3.63, 3.8) is 0 Å². The number of amides is 2. The Morgan fingerprint density at radius 1 is 1.17 bits per heavy atom. The predicted octanol–water partition coefficient (Wildman–Crippen LogP) is 3.78. The second kappa shape index (κ2) is 7.53. The lowest BCUT2D eigenvalue weighted by Gasteiger charge is -2.16. The van der Waals surface area contributed by atoms with Crippen LogP contribution < -0.4 is 5.32 Å². The number of fused-ring (bicyclic) bond motifs is 1. The summed E-state index contributed by atoms with van der Waals surface area (Å²) in [5.41, 5.74) is 2.63. The lowest BCUT2D eigenvalue weighted by molar-refractivity contribution is -0.116. The Hall–Kier alpha value is -2.27. The average molecular weight is 340 g/mol. The third-order valence-electron chi connectivity index (χ3n) is 3.97. The number of nitrogens with one attached hydrogen (secondary N) is 1. The summed E-state index contributed by atoms with van der Waals surface area (Å²) in [5.74, 6) is 0.899. The van der Waals surface area contributed by atoms with Crippen molar-refractivity contribution >= 4 is 29.3 Å². The predicted molar refractivity (Wildman–Crippen MR) is 97.3 cm³/mol.